The third-order valence-corrected chi connectivity index (χ3v) is 5.99. The van der Waals surface area contributed by atoms with E-state index in [0.717, 1.165) is 0 Å². The van der Waals surface area contributed by atoms with Gasteiger partial charge in [-0.2, -0.15) is 0 Å². The number of phenols is 2. The van der Waals surface area contributed by atoms with Gasteiger partial charge in [0.2, 0.25) is 0 Å². The maximum Gasteiger partial charge on any atom is 2.00 e. The topological polar surface area (TPSA) is 155 Å². The zero-order valence-electron chi connectivity index (χ0n) is 15.8. The normalized spacial score (nSPS) is 11.4. The van der Waals surface area contributed by atoms with Gasteiger partial charge in [0, 0.05) is 10.8 Å². The zero-order chi connectivity index (χ0) is 22.1. The van der Waals surface area contributed by atoms with Crippen molar-refractivity contribution >= 4 is 41.8 Å². The molecule has 0 amide bonds. The largest absolute Gasteiger partial charge is 2.00 e. The first-order valence-electron chi connectivity index (χ1n) is 8.33. The van der Waals surface area contributed by atoms with Crippen LogP contribution < -0.4 is 0 Å². The fourth-order valence-electron chi connectivity index (χ4n) is 2.99. The van der Waals surface area contributed by atoms with Crippen LogP contribution in [0.1, 0.15) is 0 Å². The van der Waals surface area contributed by atoms with Crippen LogP contribution in [-0.4, -0.2) is 36.2 Å². The molecule has 0 saturated carbocycles. The van der Waals surface area contributed by atoms with E-state index in [1.54, 1.807) is 36.4 Å². The second-order valence-corrected chi connectivity index (χ2v) is 8.87. The summed E-state index contributed by atoms with van der Waals surface area (Å²) in [5.41, 5.74) is 0. The summed E-state index contributed by atoms with van der Waals surface area (Å²) in [5, 5.41) is 20.2. The minimum Gasteiger partial charge on any atom is -0.744 e. The van der Waals surface area contributed by atoms with E-state index < -0.39 is 30.0 Å². The average Bonchev–Trinajstić information content (AvgIpc) is 2.67. The molecule has 2 N–H and O–H groups in total. The molecule has 4 aromatic carbocycles. The van der Waals surface area contributed by atoms with Crippen molar-refractivity contribution in [2.24, 2.45) is 0 Å². The Hall–Kier alpha value is -2.56. The second kappa shape index (κ2) is 9.29. The van der Waals surface area contributed by atoms with Crippen LogP contribution in [-0.2, 0) is 39.7 Å². The summed E-state index contributed by atoms with van der Waals surface area (Å²) < 4.78 is 65.6. The average molecular weight is 512 g/mol. The summed E-state index contributed by atoms with van der Waals surface area (Å²) in [6.45, 7) is 0. The van der Waals surface area contributed by atoms with Gasteiger partial charge in [-0.25, -0.2) is 16.8 Å². The van der Waals surface area contributed by atoms with Crippen molar-refractivity contribution in [1.82, 2.24) is 0 Å². The molecule has 0 unspecified atom stereocenters. The number of hydrogen-bond acceptors (Lipinski definition) is 8. The number of phenolic OH excluding ortho intramolecular Hbond substituents is 2. The second-order valence-electron chi connectivity index (χ2n) is 6.17. The van der Waals surface area contributed by atoms with Crippen molar-refractivity contribution in [3.05, 3.63) is 72.8 Å². The molecule has 0 spiro atoms. The first kappa shape index (κ1) is 24.7. The Morgan fingerprint density at radius 1 is 0.548 bits per heavy atom. The minimum atomic E-state index is -4.56. The molecule has 0 aliphatic carbocycles. The van der Waals surface area contributed by atoms with Crippen LogP contribution in [0.2, 0.25) is 0 Å². The Bertz CT molecular complexity index is 1340. The van der Waals surface area contributed by atoms with E-state index in [-0.39, 0.29) is 41.7 Å². The molecule has 31 heavy (non-hydrogen) atoms. The van der Waals surface area contributed by atoms with E-state index in [4.69, 9.17) is 0 Å². The molecule has 8 nitrogen and oxygen atoms in total. The van der Waals surface area contributed by atoms with E-state index >= 15 is 0 Å². The van der Waals surface area contributed by atoms with E-state index in [9.17, 15) is 36.2 Å². The molecule has 0 atom stereocenters. The molecule has 11 heteroatoms. The van der Waals surface area contributed by atoms with Crippen molar-refractivity contribution in [3.8, 4) is 11.5 Å². The fraction of sp³-hybridized carbons (Fsp3) is 0. The molecule has 4 aromatic rings. The SMILES string of the molecule is O=S(=O)([O-])c1cccc2cccc(O)c12.O=S(=O)([O-])c1cccc2cccc(O)c12.[Zn+2]. The van der Waals surface area contributed by atoms with E-state index in [1.165, 1.54) is 36.4 Å². The summed E-state index contributed by atoms with van der Waals surface area (Å²) in [6, 6.07) is 17.7. The van der Waals surface area contributed by atoms with Gasteiger partial charge in [0.1, 0.15) is 31.7 Å². The monoisotopic (exact) mass is 510 g/mol. The molecular weight excluding hydrogens is 498 g/mol. The molecule has 0 bridgehead atoms. The van der Waals surface area contributed by atoms with Crippen molar-refractivity contribution in [2.45, 2.75) is 9.79 Å². The van der Waals surface area contributed by atoms with Crippen LogP contribution in [0.25, 0.3) is 21.5 Å². The van der Waals surface area contributed by atoms with Gasteiger partial charge in [0.15, 0.2) is 0 Å². The van der Waals surface area contributed by atoms with Gasteiger partial charge in [-0.1, -0.05) is 48.5 Å². The van der Waals surface area contributed by atoms with Crippen LogP contribution in [0.15, 0.2) is 82.6 Å². The zero-order valence-corrected chi connectivity index (χ0v) is 20.4. The van der Waals surface area contributed by atoms with E-state index in [2.05, 4.69) is 0 Å². The molecule has 0 radical (unpaired) electrons. The van der Waals surface area contributed by atoms with E-state index in [1.807, 2.05) is 0 Å². The molecule has 4 rings (SSSR count). The molecule has 0 fully saturated rings. The van der Waals surface area contributed by atoms with Crippen LogP contribution >= 0.6 is 0 Å². The van der Waals surface area contributed by atoms with Crippen molar-refractivity contribution in [2.75, 3.05) is 0 Å². The Morgan fingerprint density at radius 3 is 1.13 bits per heavy atom. The number of fused-ring (bicyclic) bond motifs is 2. The fourth-order valence-corrected chi connectivity index (χ4v) is 4.43. The number of rotatable bonds is 2. The van der Waals surface area contributed by atoms with Crippen molar-refractivity contribution in [3.63, 3.8) is 0 Å². The molecule has 0 aliphatic rings. The molecule has 0 aromatic heterocycles. The van der Waals surface area contributed by atoms with Gasteiger partial charge in [0.25, 0.3) is 0 Å². The van der Waals surface area contributed by atoms with Gasteiger partial charge in [-0.3, -0.25) is 0 Å². The third kappa shape index (κ3) is 5.38. The van der Waals surface area contributed by atoms with Crippen LogP contribution in [0, 0.1) is 0 Å². The summed E-state index contributed by atoms with van der Waals surface area (Å²) >= 11 is 0. The molecule has 0 saturated heterocycles. The van der Waals surface area contributed by atoms with E-state index in [0.29, 0.717) is 10.8 Å². The number of benzene rings is 4. The maximum absolute atomic E-state index is 10.9. The first-order chi connectivity index (χ1) is 14.0. The Morgan fingerprint density at radius 2 is 0.839 bits per heavy atom. The van der Waals surface area contributed by atoms with Gasteiger partial charge < -0.3 is 19.3 Å². The van der Waals surface area contributed by atoms with Gasteiger partial charge in [-0.15, -0.1) is 0 Å². The summed E-state index contributed by atoms with van der Waals surface area (Å²) in [7, 11) is -9.12. The summed E-state index contributed by atoms with van der Waals surface area (Å²) in [4.78, 5) is -0.781. The molecule has 156 valence electrons. The predicted octanol–water partition coefficient (Wildman–Crippen LogP) is 2.90. The summed E-state index contributed by atoms with van der Waals surface area (Å²) in [5.74, 6) is -0.412. The van der Waals surface area contributed by atoms with Crippen LogP contribution in [0.5, 0.6) is 11.5 Å². The maximum atomic E-state index is 10.9. The van der Waals surface area contributed by atoms with Crippen LogP contribution in [0.4, 0.5) is 0 Å². The standard InChI is InChI=1S/2C10H8O4S.Zn/c2*11-8-5-1-3-7-4-2-6-9(10(7)8)15(12,13)14;/h2*1-6,11H,(H,12,13,14);/q;;+2/p-2. The summed E-state index contributed by atoms with van der Waals surface area (Å²) in [6.07, 6.45) is 0. The van der Waals surface area contributed by atoms with Gasteiger partial charge in [0.05, 0.1) is 9.79 Å². The van der Waals surface area contributed by atoms with Gasteiger partial charge >= 0.3 is 19.5 Å². The number of hydrogen-bond donors (Lipinski definition) is 2. The Balaban J connectivity index is 0.000000213. The Labute approximate surface area is 191 Å². The minimum absolute atomic E-state index is 0. The van der Waals surface area contributed by atoms with Gasteiger partial charge in [-0.05, 0) is 35.0 Å². The third-order valence-electron chi connectivity index (χ3n) is 4.23. The Kier molecular flexibility index (Phi) is 7.41. The predicted molar refractivity (Wildman–Crippen MR) is 107 cm³/mol. The van der Waals surface area contributed by atoms with Crippen molar-refractivity contribution in [1.29, 1.82) is 0 Å². The molecule has 0 heterocycles. The van der Waals surface area contributed by atoms with Crippen LogP contribution in [0.3, 0.4) is 0 Å². The quantitative estimate of drug-likeness (QED) is 0.307. The smallest absolute Gasteiger partial charge is 0.744 e. The molecular formula is C20H14O8S2Zn. The van der Waals surface area contributed by atoms with Crippen molar-refractivity contribution < 1.29 is 55.6 Å². The number of aromatic hydroxyl groups is 2. The molecule has 0 aliphatic heterocycles. The first-order valence-corrected chi connectivity index (χ1v) is 11.1.